The van der Waals surface area contributed by atoms with E-state index in [1.54, 1.807) is 0 Å². The first-order valence-electron chi connectivity index (χ1n) is 6.08. The molecule has 2 N–H and O–H groups in total. The number of hydrogen-bond acceptors (Lipinski definition) is 3. The summed E-state index contributed by atoms with van der Waals surface area (Å²) in [4.78, 5) is 0. The highest BCUT2D eigenvalue weighted by Crippen LogP contribution is 2.15. The second-order valence-electron chi connectivity index (χ2n) is 4.01. The molecule has 0 amide bonds. The quantitative estimate of drug-likeness (QED) is 0.628. The number of halogens is 1. The van der Waals surface area contributed by atoms with Gasteiger partial charge in [0.25, 0.3) is 0 Å². The molecule has 19 heavy (non-hydrogen) atoms. The van der Waals surface area contributed by atoms with Gasteiger partial charge in [-0.15, -0.1) is 0 Å². The van der Waals surface area contributed by atoms with Gasteiger partial charge in [0.1, 0.15) is 24.7 Å². The zero-order valence-electron chi connectivity index (χ0n) is 10.5. The number of nitrogens with two attached hydrogens (primary N) is 1. The monoisotopic (exact) mass is 369 g/mol. The van der Waals surface area contributed by atoms with E-state index in [1.807, 2.05) is 48.5 Å². The highest BCUT2D eigenvalue weighted by Gasteiger charge is 1.97. The van der Waals surface area contributed by atoms with Gasteiger partial charge in [0.2, 0.25) is 0 Å². The van der Waals surface area contributed by atoms with Gasteiger partial charge in [0.15, 0.2) is 0 Å². The summed E-state index contributed by atoms with van der Waals surface area (Å²) in [5.74, 6) is 1.69. The van der Waals surface area contributed by atoms with Crippen LogP contribution in [0.3, 0.4) is 0 Å². The van der Waals surface area contributed by atoms with Gasteiger partial charge in [-0.2, -0.15) is 0 Å². The van der Waals surface area contributed by atoms with E-state index in [4.69, 9.17) is 15.2 Å². The van der Waals surface area contributed by atoms with Crippen molar-refractivity contribution in [1.29, 1.82) is 0 Å². The maximum Gasteiger partial charge on any atom is 0.122 e. The molecular weight excluding hydrogens is 353 g/mol. The van der Waals surface area contributed by atoms with E-state index in [1.165, 1.54) is 0 Å². The fourth-order valence-corrected chi connectivity index (χ4v) is 2.15. The second-order valence-corrected chi connectivity index (χ2v) is 5.25. The van der Waals surface area contributed by atoms with E-state index in [0.717, 1.165) is 20.6 Å². The van der Waals surface area contributed by atoms with Crippen molar-refractivity contribution in [2.45, 2.75) is 6.54 Å². The van der Waals surface area contributed by atoms with Gasteiger partial charge < -0.3 is 15.2 Å². The number of rotatable bonds is 6. The minimum absolute atomic E-state index is 0.513. The molecule has 4 heteroatoms. The lowest BCUT2D eigenvalue weighted by Crippen LogP contribution is -2.09. The van der Waals surface area contributed by atoms with Crippen LogP contribution in [-0.2, 0) is 6.54 Å². The first-order valence-corrected chi connectivity index (χ1v) is 7.16. The molecule has 0 atom stereocenters. The predicted octanol–water partition coefficient (Wildman–Crippen LogP) is 3.21. The molecule has 2 rings (SSSR count). The third kappa shape index (κ3) is 4.72. The van der Waals surface area contributed by atoms with Crippen molar-refractivity contribution in [3.63, 3.8) is 0 Å². The predicted molar refractivity (Wildman–Crippen MR) is 84.5 cm³/mol. The largest absolute Gasteiger partial charge is 0.490 e. The molecule has 0 aliphatic rings. The Bertz CT molecular complexity index is 531. The zero-order valence-corrected chi connectivity index (χ0v) is 12.7. The number of benzene rings is 2. The Labute approximate surface area is 126 Å². The van der Waals surface area contributed by atoms with Crippen LogP contribution in [0.5, 0.6) is 11.5 Å². The average Bonchev–Trinajstić information content (AvgIpc) is 2.44. The van der Waals surface area contributed by atoms with Gasteiger partial charge in [-0.25, -0.2) is 0 Å². The van der Waals surface area contributed by atoms with Crippen molar-refractivity contribution in [2.24, 2.45) is 5.73 Å². The molecular formula is C15H16INO2. The molecule has 0 saturated heterocycles. The van der Waals surface area contributed by atoms with Crippen LogP contribution in [0.25, 0.3) is 0 Å². The summed E-state index contributed by atoms with van der Waals surface area (Å²) >= 11 is 2.26. The molecule has 0 aliphatic carbocycles. The van der Waals surface area contributed by atoms with E-state index < -0.39 is 0 Å². The Morgan fingerprint density at radius 1 is 0.895 bits per heavy atom. The van der Waals surface area contributed by atoms with Crippen LogP contribution in [0.2, 0.25) is 0 Å². The van der Waals surface area contributed by atoms with Gasteiger partial charge in [0, 0.05) is 10.1 Å². The minimum Gasteiger partial charge on any atom is -0.490 e. The van der Waals surface area contributed by atoms with Gasteiger partial charge in [-0.1, -0.05) is 18.2 Å². The molecule has 100 valence electrons. The van der Waals surface area contributed by atoms with E-state index >= 15 is 0 Å². The molecule has 0 aliphatic heterocycles. The van der Waals surface area contributed by atoms with Crippen molar-refractivity contribution < 1.29 is 9.47 Å². The van der Waals surface area contributed by atoms with Crippen LogP contribution >= 0.6 is 22.6 Å². The van der Waals surface area contributed by atoms with Gasteiger partial charge in [-0.05, 0) is 58.5 Å². The Morgan fingerprint density at radius 3 is 2.16 bits per heavy atom. The Balaban J connectivity index is 1.77. The summed E-state index contributed by atoms with van der Waals surface area (Å²) in [7, 11) is 0. The lowest BCUT2D eigenvalue weighted by atomic mass is 10.2. The van der Waals surface area contributed by atoms with Gasteiger partial charge >= 0.3 is 0 Å². The fourth-order valence-electron chi connectivity index (χ4n) is 1.64. The molecule has 0 fully saturated rings. The molecule has 0 heterocycles. The Hall–Kier alpha value is -1.27. The highest BCUT2D eigenvalue weighted by atomic mass is 127. The molecule has 2 aromatic carbocycles. The molecule has 0 bridgehead atoms. The van der Waals surface area contributed by atoms with Crippen molar-refractivity contribution in [2.75, 3.05) is 13.2 Å². The van der Waals surface area contributed by atoms with E-state index in [9.17, 15) is 0 Å². The maximum absolute atomic E-state index is 5.62. The third-order valence-corrected chi connectivity index (χ3v) is 3.22. The molecule has 0 spiro atoms. The standard InChI is InChI=1S/C15H16INO2/c16-13-4-2-6-15(10-13)19-8-7-18-14-5-1-3-12(9-14)11-17/h1-6,9-10H,7-8,11,17H2. The lowest BCUT2D eigenvalue weighted by molar-refractivity contribution is 0.217. The maximum atomic E-state index is 5.62. The fraction of sp³-hybridized carbons (Fsp3) is 0.200. The summed E-state index contributed by atoms with van der Waals surface area (Å²) in [6.07, 6.45) is 0. The highest BCUT2D eigenvalue weighted by molar-refractivity contribution is 14.1. The van der Waals surface area contributed by atoms with Crippen LogP contribution in [0.15, 0.2) is 48.5 Å². The summed E-state index contributed by atoms with van der Waals surface area (Å²) in [6, 6.07) is 15.7. The van der Waals surface area contributed by atoms with Gasteiger partial charge in [-0.3, -0.25) is 0 Å². The van der Waals surface area contributed by atoms with E-state index in [0.29, 0.717) is 19.8 Å². The first kappa shape index (κ1) is 14.1. The Morgan fingerprint density at radius 2 is 1.53 bits per heavy atom. The zero-order chi connectivity index (χ0) is 13.5. The van der Waals surface area contributed by atoms with Crippen LogP contribution in [-0.4, -0.2) is 13.2 Å². The van der Waals surface area contributed by atoms with Gasteiger partial charge in [0.05, 0.1) is 0 Å². The normalized spacial score (nSPS) is 10.2. The Kier molecular flexibility index (Phi) is 5.47. The van der Waals surface area contributed by atoms with Crippen molar-refractivity contribution in [3.05, 3.63) is 57.7 Å². The molecule has 2 aromatic rings. The van der Waals surface area contributed by atoms with Crippen LogP contribution in [0, 0.1) is 3.57 Å². The topological polar surface area (TPSA) is 44.5 Å². The van der Waals surface area contributed by atoms with Crippen LogP contribution in [0.4, 0.5) is 0 Å². The van der Waals surface area contributed by atoms with E-state index in [-0.39, 0.29) is 0 Å². The summed E-state index contributed by atoms with van der Waals surface area (Å²) < 4.78 is 12.4. The average molecular weight is 369 g/mol. The molecule has 0 radical (unpaired) electrons. The molecule has 3 nitrogen and oxygen atoms in total. The smallest absolute Gasteiger partial charge is 0.122 e. The minimum atomic E-state index is 0.513. The molecule has 0 aromatic heterocycles. The number of hydrogen-bond donors (Lipinski definition) is 1. The van der Waals surface area contributed by atoms with E-state index in [2.05, 4.69) is 22.6 Å². The third-order valence-electron chi connectivity index (χ3n) is 2.55. The summed E-state index contributed by atoms with van der Waals surface area (Å²) in [6.45, 7) is 1.56. The van der Waals surface area contributed by atoms with Crippen LogP contribution in [0.1, 0.15) is 5.56 Å². The molecule has 0 unspecified atom stereocenters. The lowest BCUT2D eigenvalue weighted by Gasteiger charge is -2.09. The van der Waals surface area contributed by atoms with Crippen molar-refractivity contribution in [1.82, 2.24) is 0 Å². The van der Waals surface area contributed by atoms with Crippen molar-refractivity contribution >= 4 is 22.6 Å². The summed E-state index contributed by atoms with van der Waals surface area (Å²) in [5.41, 5.74) is 6.65. The number of ether oxygens (including phenoxy) is 2. The molecule has 0 saturated carbocycles. The van der Waals surface area contributed by atoms with Crippen LogP contribution < -0.4 is 15.2 Å². The summed E-state index contributed by atoms with van der Waals surface area (Å²) in [5, 5.41) is 0. The first-order chi connectivity index (χ1) is 9.28. The SMILES string of the molecule is NCc1cccc(OCCOc2cccc(I)c2)c1. The van der Waals surface area contributed by atoms with Crippen molar-refractivity contribution in [3.8, 4) is 11.5 Å². The second kappa shape index (κ2) is 7.35.